The van der Waals surface area contributed by atoms with Crippen LogP contribution in [0.5, 0.6) is 11.8 Å². The molecule has 1 rings (SSSR count). The van der Waals surface area contributed by atoms with Gasteiger partial charge in [0.2, 0.25) is 11.8 Å². The lowest BCUT2D eigenvalue weighted by molar-refractivity contribution is 0.368. The van der Waals surface area contributed by atoms with E-state index in [0.29, 0.717) is 24.0 Å². The Labute approximate surface area is 101 Å². The predicted molar refractivity (Wildman–Crippen MR) is 63.4 cm³/mol. The molecule has 1 aromatic rings. The zero-order chi connectivity index (χ0) is 12.0. The number of hydrogen-bond donors (Lipinski definition) is 0. The van der Waals surface area contributed by atoms with Gasteiger partial charge >= 0.3 is 0 Å². The number of nitrogens with zero attached hydrogens (tertiary/aromatic N) is 2. The molecule has 0 spiro atoms. The fourth-order valence-electron chi connectivity index (χ4n) is 1.36. The van der Waals surface area contributed by atoms with E-state index in [9.17, 15) is 0 Å². The third-order valence-corrected chi connectivity index (χ3v) is 2.52. The van der Waals surface area contributed by atoms with Gasteiger partial charge in [0, 0.05) is 11.8 Å². The molecule has 4 nitrogen and oxygen atoms in total. The number of halogens is 1. The monoisotopic (exact) mass is 244 g/mol. The molecule has 1 atom stereocenters. The molecule has 1 unspecified atom stereocenters. The van der Waals surface area contributed by atoms with Crippen LogP contribution < -0.4 is 9.47 Å². The van der Waals surface area contributed by atoms with Crippen molar-refractivity contribution in [3.8, 4) is 11.8 Å². The lowest BCUT2D eigenvalue weighted by Gasteiger charge is -2.09. The fourth-order valence-corrected chi connectivity index (χ4v) is 1.72. The normalized spacial score (nSPS) is 12.2. The number of aromatic nitrogens is 2. The van der Waals surface area contributed by atoms with Crippen LogP contribution in [-0.4, -0.2) is 29.6 Å². The highest BCUT2D eigenvalue weighted by Crippen LogP contribution is 2.17. The molecule has 0 fully saturated rings. The number of ether oxygens (including phenoxy) is 2. The minimum absolute atomic E-state index is 0.0572. The minimum atomic E-state index is 0.0572. The Kier molecular flexibility index (Phi) is 5.32. The zero-order valence-electron chi connectivity index (χ0n) is 9.86. The van der Waals surface area contributed by atoms with E-state index in [1.165, 1.54) is 0 Å². The first-order valence-corrected chi connectivity index (χ1v) is 5.73. The van der Waals surface area contributed by atoms with E-state index in [4.69, 9.17) is 21.1 Å². The van der Waals surface area contributed by atoms with E-state index in [1.807, 2.05) is 0 Å². The van der Waals surface area contributed by atoms with Crippen molar-refractivity contribution in [2.45, 2.75) is 31.6 Å². The van der Waals surface area contributed by atoms with Crippen molar-refractivity contribution < 1.29 is 9.47 Å². The lowest BCUT2D eigenvalue weighted by Crippen LogP contribution is -2.08. The van der Waals surface area contributed by atoms with Gasteiger partial charge in [-0.1, -0.05) is 13.3 Å². The average molecular weight is 245 g/mol. The molecule has 0 aliphatic carbocycles. The maximum Gasteiger partial charge on any atom is 0.220 e. The summed E-state index contributed by atoms with van der Waals surface area (Å²) in [5, 5.41) is 0.0572. The SMILES string of the molecule is CCCC(Cl)Cc1nc(OC)cc(OC)n1. The smallest absolute Gasteiger partial charge is 0.220 e. The van der Waals surface area contributed by atoms with E-state index in [1.54, 1.807) is 20.3 Å². The van der Waals surface area contributed by atoms with Crippen molar-refractivity contribution >= 4 is 11.6 Å². The topological polar surface area (TPSA) is 44.2 Å². The average Bonchev–Trinajstić information content (AvgIpc) is 2.28. The molecule has 0 amide bonds. The van der Waals surface area contributed by atoms with E-state index in [0.717, 1.165) is 12.8 Å². The zero-order valence-corrected chi connectivity index (χ0v) is 10.6. The van der Waals surface area contributed by atoms with Crippen LogP contribution in [0, 0.1) is 0 Å². The van der Waals surface area contributed by atoms with Crippen molar-refractivity contribution in [1.82, 2.24) is 9.97 Å². The Morgan fingerprint density at radius 3 is 2.25 bits per heavy atom. The van der Waals surface area contributed by atoms with Crippen molar-refractivity contribution in [2.75, 3.05) is 14.2 Å². The Bertz CT molecular complexity index is 312. The number of alkyl halides is 1. The number of hydrogen-bond acceptors (Lipinski definition) is 4. The fraction of sp³-hybridized carbons (Fsp3) is 0.636. The third kappa shape index (κ3) is 3.85. The van der Waals surface area contributed by atoms with Gasteiger partial charge in [0.05, 0.1) is 20.3 Å². The van der Waals surface area contributed by atoms with Crippen LogP contribution in [0.3, 0.4) is 0 Å². The molecule has 0 radical (unpaired) electrons. The summed E-state index contributed by atoms with van der Waals surface area (Å²) in [6, 6.07) is 1.65. The van der Waals surface area contributed by atoms with Gasteiger partial charge in [-0.25, -0.2) is 0 Å². The van der Waals surface area contributed by atoms with Gasteiger partial charge < -0.3 is 9.47 Å². The van der Waals surface area contributed by atoms with Crippen LogP contribution in [0.25, 0.3) is 0 Å². The van der Waals surface area contributed by atoms with Crippen LogP contribution in [0.2, 0.25) is 0 Å². The second-order valence-electron chi connectivity index (χ2n) is 3.46. The number of methoxy groups -OCH3 is 2. The summed E-state index contributed by atoms with van der Waals surface area (Å²) in [7, 11) is 3.13. The second kappa shape index (κ2) is 6.53. The van der Waals surface area contributed by atoms with Crippen LogP contribution in [0.15, 0.2) is 6.07 Å². The van der Waals surface area contributed by atoms with E-state index < -0.39 is 0 Å². The first kappa shape index (κ1) is 13.0. The molecule has 16 heavy (non-hydrogen) atoms. The molecule has 1 aromatic heterocycles. The summed E-state index contributed by atoms with van der Waals surface area (Å²) < 4.78 is 10.1. The molecule has 0 saturated heterocycles. The first-order chi connectivity index (χ1) is 7.69. The van der Waals surface area contributed by atoms with E-state index in [2.05, 4.69) is 16.9 Å². The molecule has 5 heteroatoms. The van der Waals surface area contributed by atoms with Crippen molar-refractivity contribution in [1.29, 1.82) is 0 Å². The molecular weight excluding hydrogens is 228 g/mol. The molecule has 90 valence electrons. The molecule has 0 bridgehead atoms. The Balaban J connectivity index is 2.78. The summed E-state index contributed by atoms with van der Waals surface area (Å²) in [5.41, 5.74) is 0. The maximum absolute atomic E-state index is 6.14. The molecule has 0 aromatic carbocycles. The van der Waals surface area contributed by atoms with Crippen molar-refractivity contribution in [3.05, 3.63) is 11.9 Å². The highest BCUT2D eigenvalue weighted by molar-refractivity contribution is 6.20. The van der Waals surface area contributed by atoms with Gasteiger partial charge in [-0.2, -0.15) is 9.97 Å². The quantitative estimate of drug-likeness (QED) is 0.721. The van der Waals surface area contributed by atoms with Gasteiger partial charge in [-0.3, -0.25) is 0 Å². The van der Waals surface area contributed by atoms with Crippen LogP contribution in [0.4, 0.5) is 0 Å². The van der Waals surface area contributed by atoms with E-state index in [-0.39, 0.29) is 5.38 Å². The standard InChI is InChI=1S/C11H17ClN2O2/c1-4-5-8(12)6-9-13-10(15-2)7-11(14-9)16-3/h7-8H,4-6H2,1-3H3. The summed E-state index contributed by atoms with van der Waals surface area (Å²) in [5.74, 6) is 1.66. The van der Waals surface area contributed by atoms with Gasteiger partial charge in [0.15, 0.2) is 0 Å². The van der Waals surface area contributed by atoms with Gasteiger partial charge in [-0.15, -0.1) is 11.6 Å². The van der Waals surface area contributed by atoms with Crippen LogP contribution >= 0.6 is 11.6 Å². The summed E-state index contributed by atoms with van der Waals surface area (Å²) in [4.78, 5) is 8.45. The maximum atomic E-state index is 6.14. The molecule has 0 aliphatic rings. The van der Waals surface area contributed by atoms with Crippen molar-refractivity contribution in [3.63, 3.8) is 0 Å². The molecule has 0 N–H and O–H groups in total. The second-order valence-corrected chi connectivity index (χ2v) is 4.08. The molecular formula is C11H17ClN2O2. The Morgan fingerprint density at radius 2 is 1.81 bits per heavy atom. The Morgan fingerprint density at radius 1 is 1.25 bits per heavy atom. The molecule has 1 heterocycles. The summed E-state index contributed by atoms with van der Waals surface area (Å²) >= 11 is 6.14. The molecule has 0 saturated carbocycles. The van der Waals surface area contributed by atoms with Crippen LogP contribution in [-0.2, 0) is 6.42 Å². The summed E-state index contributed by atoms with van der Waals surface area (Å²) in [6.07, 6.45) is 2.63. The van der Waals surface area contributed by atoms with Crippen molar-refractivity contribution in [2.24, 2.45) is 0 Å². The largest absolute Gasteiger partial charge is 0.481 e. The number of rotatable bonds is 6. The Hall–Kier alpha value is -1.03. The summed E-state index contributed by atoms with van der Waals surface area (Å²) in [6.45, 7) is 2.10. The van der Waals surface area contributed by atoms with Gasteiger partial charge in [0.25, 0.3) is 0 Å². The minimum Gasteiger partial charge on any atom is -0.481 e. The van der Waals surface area contributed by atoms with Crippen LogP contribution in [0.1, 0.15) is 25.6 Å². The van der Waals surface area contributed by atoms with Gasteiger partial charge in [-0.05, 0) is 6.42 Å². The third-order valence-electron chi connectivity index (χ3n) is 2.15. The predicted octanol–water partition coefficient (Wildman–Crippen LogP) is 2.44. The molecule has 0 aliphatic heterocycles. The lowest BCUT2D eigenvalue weighted by atomic mass is 10.2. The highest BCUT2D eigenvalue weighted by atomic mass is 35.5. The van der Waals surface area contributed by atoms with E-state index >= 15 is 0 Å². The van der Waals surface area contributed by atoms with Gasteiger partial charge in [0.1, 0.15) is 5.82 Å². The highest BCUT2D eigenvalue weighted by Gasteiger charge is 2.10. The first-order valence-electron chi connectivity index (χ1n) is 5.29.